The van der Waals surface area contributed by atoms with Crippen molar-refractivity contribution in [3.63, 3.8) is 0 Å². The van der Waals surface area contributed by atoms with Crippen molar-refractivity contribution in [2.75, 3.05) is 0 Å². The highest BCUT2D eigenvalue weighted by atomic mass is 19.4. The van der Waals surface area contributed by atoms with Crippen LogP contribution in [0.1, 0.15) is 0 Å². The summed E-state index contributed by atoms with van der Waals surface area (Å²) >= 11 is 0. The molecular weight excluding hydrogens is 378 g/mol. The molecular formula is C8F14O. The predicted octanol–water partition coefficient (Wildman–Crippen LogP) is 5.61. The minimum absolute atomic E-state index is 2.28. The maximum Gasteiger partial charge on any atom is 0.461 e. The lowest BCUT2D eigenvalue weighted by atomic mass is 10.2. The highest BCUT2D eigenvalue weighted by Crippen LogP contribution is 2.48. The third-order valence-corrected chi connectivity index (χ3v) is 1.83. The molecule has 0 spiro atoms. The van der Waals surface area contributed by atoms with Gasteiger partial charge in [0.05, 0.1) is 0 Å². The van der Waals surface area contributed by atoms with Crippen LogP contribution in [0.4, 0.5) is 61.5 Å². The average molecular weight is 378 g/mol. The molecule has 0 aromatic carbocycles. The van der Waals surface area contributed by atoms with Crippen LogP contribution in [0.2, 0.25) is 0 Å². The van der Waals surface area contributed by atoms with Gasteiger partial charge in [0.25, 0.3) is 0 Å². The van der Waals surface area contributed by atoms with Crippen molar-refractivity contribution in [1.82, 2.24) is 0 Å². The van der Waals surface area contributed by atoms with Gasteiger partial charge in [0.1, 0.15) is 0 Å². The van der Waals surface area contributed by atoms with Crippen LogP contribution in [-0.4, -0.2) is 24.2 Å². The van der Waals surface area contributed by atoms with E-state index < -0.39 is 47.9 Å². The average Bonchev–Trinajstić information content (AvgIpc) is 2.24. The summed E-state index contributed by atoms with van der Waals surface area (Å²) in [5.74, 6) is -21.9. The number of rotatable bonds is 4. The largest absolute Gasteiger partial charge is 0.461 e. The third-order valence-electron chi connectivity index (χ3n) is 1.83. The number of hydrogen-bond acceptors (Lipinski definition) is 1. The molecule has 0 aliphatic carbocycles. The van der Waals surface area contributed by atoms with Crippen molar-refractivity contribution in [3.8, 4) is 0 Å². The molecule has 0 radical (unpaired) electrons. The molecule has 0 fully saturated rings. The first-order chi connectivity index (χ1) is 9.87. The number of ether oxygens (including phenoxy) is 1. The monoisotopic (exact) mass is 378 g/mol. The highest BCUT2D eigenvalue weighted by Gasteiger charge is 2.68. The molecule has 0 bridgehead atoms. The molecule has 0 aliphatic rings. The van der Waals surface area contributed by atoms with Gasteiger partial charge < -0.3 is 4.74 Å². The summed E-state index contributed by atoms with van der Waals surface area (Å²) in [5, 5.41) is 0. The fourth-order valence-electron chi connectivity index (χ4n) is 0.802. The molecule has 0 rings (SSSR count). The Morgan fingerprint density at radius 2 is 0.696 bits per heavy atom. The molecule has 1 nitrogen and oxygen atoms in total. The zero-order valence-electron chi connectivity index (χ0n) is 9.70. The Bertz CT molecular complexity index is 452. The Morgan fingerprint density at radius 3 is 0.826 bits per heavy atom. The van der Waals surface area contributed by atoms with E-state index in [0.717, 1.165) is 0 Å². The van der Waals surface area contributed by atoms with Gasteiger partial charge in [-0.05, 0) is 0 Å². The Balaban J connectivity index is 6.17. The predicted molar refractivity (Wildman–Crippen MR) is 41.6 cm³/mol. The van der Waals surface area contributed by atoms with Gasteiger partial charge in [-0.25, -0.2) is 0 Å². The van der Waals surface area contributed by atoms with Gasteiger partial charge in [-0.15, -0.1) is 0 Å². The zero-order valence-corrected chi connectivity index (χ0v) is 9.70. The van der Waals surface area contributed by atoms with Gasteiger partial charge in [0.2, 0.25) is 11.5 Å². The van der Waals surface area contributed by atoms with Crippen molar-refractivity contribution in [3.05, 3.63) is 23.7 Å². The molecule has 0 aromatic heterocycles. The molecule has 0 unspecified atom stereocenters. The molecule has 0 heterocycles. The Labute approximate surface area is 115 Å². The summed E-state index contributed by atoms with van der Waals surface area (Å²) in [5.41, 5.74) is 0. The number of hydrogen-bond donors (Lipinski definition) is 0. The first-order valence-electron chi connectivity index (χ1n) is 4.55. The van der Waals surface area contributed by atoms with E-state index in [1.54, 1.807) is 0 Å². The van der Waals surface area contributed by atoms with Crippen LogP contribution >= 0.6 is 0 Å². The summed E-state index contributed by atoms with van der Waals surface area (Å²) in [6.07, 6.45) is -22.4. The quantitative estimate of drug-likeness (QED) is 0.456. The van der Waals surface area contributed by atoms with Crippen LogP contribution in [0.15, 0.2) is 23.7 Å². The second kappa shape index (κ2) is 6.07. The second-order valence-corrected chi connectivity index (χ2v) is 3.43. The fourth-order valence-corrected chi connectivity index (χ4v) is 0.802. The molecule has 15 heteroatoms. The van der Waals surface area contributed by atoms with Crippen LogP contribution in [0, 0.1) is 0 Å². The number of alkyl halides is 10. The minimum Gasteiger partial charge on any atom is -0.441 e. The molecule has 0 aromatic rings. The van der Waals surface area contributed by atoms with Crippen LogP contribution in [0.25, 0.3) is 0 Å². The number of allylic oxidation sites excluding steroid dienone is 2. The SMILES string of the molecule is FC(F)=C(OC(=C(F)F)C(F)(F)C(F)(F)F)C(F)(F)C(F)(F)F. The van der Waals surface area contributed by atoms with E-state index in [9.17, 15) is 61.5 Å². The smallest absolute Gasteiger partial charge is 0.441 e. The summed E-state index contributed by atoms with van der Waals surface area (Å²) in [4.78, 5) is 0. The molecule has 0 atom stereocenters. The summed E-state index contributed by atoms with van der Waals surface area (Å²) in [6.45, 7) is 0. The molecule has 136 valence electrons. The second-order valence-electron chi connectivity index (χ2n) is 3.43. The first kappa shape index (κ1) is 21.3. The van der Waals surface area contributed by atoms with Gasteiger partial charge in [0.15, 0.2) is 0 Å². The van der Waals surface area contributed by atoms with E-state index in [-0.39, 0.29) is 0 Å². The maximum atomic E-state index is 12.6. The van der Waals surface area contributed by atoms with E-state index >= 15 is 0 Å². The van der Waals surface area contributed by atoms with Crippen molar-refractivity contribution >= 4 is 0 Å². The normalized spacial score (nSPS) is 13.7. The van der Waals surface area contributed by atoms with Crippen LogP contribution < -0.4 is 0 Å². The lowest BCUT2D eigenvalue weighted by Gasteiger charge is -2.26. The molecule has 23 heavy (non-hydrogen) atoms. The standard InChI is InChI=1S/C8F14O/c9-3(10)1(5(13,14)7(17,18)19)23-2(4(11)12)6(15,16)8(20,21)22. The van der Waals surface area contributed by atoms with Crippen molar-refractivity contribution in [2.45, 2.75) is 24.2 Å². The lowest BCUT2D eigenvalue weighted by Crippen LogP contribution is -2.43. The fraction of sp³-hybridized carbons (Fsp3) is 0.500. The summed E-state index contributed by atoms with van der Waals surface area (Å²) in [6, 6.07) is 0. The lowest BCUT2D eigenvalue weighted by molar-refractivity contribution is -0.292. The van der Waals surface area contributed by atoms with Crippen LogP contribution in [0.3, 0.4) is 0 Å². The van der Waals surface area contributed by atoms with Gasteiger partial charge in [-0.2, -0.15) is 61.5 Å². The summed E-state index contributed by atoms with van der Waals surface area (Å²) < 4.78 is 172. The van der Waals surface area contributed by atoms with E-state index in [1.165, 1.54) is 0 Å². The minimum atomic E-state index is -6.96. The van der Waals surface area contributed by atoms with Crippen LogP contribution in [-0.2, 0) is 4.74 Å². The molecule has 0 aliphatic heterocycles. The van der Waals surface area contributed by atoms with Gasteiger partial charge in [-0.3, -0.25) is 0 Å². The van der Waals surface area contributed by atoms with Crippen LogP contribution in [0.5, 0.6) is 0 Å². The third kappa shape index (κ3) is 4.19. The zero-order chi connectivity index (χ0) is 19.0. The summed E-state index contributed by atoms with van der Waals surface area (Å²) in [7, 11) is 0. The van der Waals surface area contributed by atoms with Gasteiger partial charge >= 0.3 is 36.4 Å². The Kier molecular flexibility index (Phi) is 5.62. The Hall–Kier alpha value is -1.70. The van der Waals surface area contributed by atoms with Crippen molar-refractivity contribution in [2.24, 2.45) is 0 Å². The molecule has 0 saturated heterocycles. The van der Waals surface area contributed by atoms with E-state index in [1.807, 2.05) is 0 Å². The highest BCUT2D eigenvalue weighted by molar-refractivity contribution is 5.18. The topological polar surface area (TPSA) is 9.23 Å². The molecule has 0 amide bonds. The van der Waals surface area contributed by atoms with E-state index in [4.69, 9.17) is 0 Å². The first-order valence-corrected chi connectivity index (χ1v) is 4.55. The van der Waals surface area contributed by atoms with E-state index in [2.05, 4.69) is 4.74 Å². The van der Waals surface area contributed by atoms with Gasteiger partial charge in [-0.1, -0.05) is 0 Å². The van der Waals surface area contributed by atoms with Crippen molar-refractivity contribution < 1.29 is 66.2 Å². The molecule has 0 saturated carbocycles. The maximum absolute atomic E-state index is 12.6. The van der Waals surface area contributed by atoms with Crippen molar-refractivity contribution in [1.29, 1.82) is 0 Å². The molecule has 0 N–H and O–H groups in total. The number of halogens is 14. The van der Waals surface area contributed by atoms with E-state index in [0.29, 0.717) is 0 Å². The van der Waals surface area contributed by atoms with Gasteiger partial charge in [0, 0.05) is 0 Å². The Morgan fingerprint density at radius 1 is 0.478 bits per heavy atom.